The van der Waals surface area contributed by atoms with Gasteiger partial charge in [0.05, 0.1) is 6.54 Å². The number of carboxylic acids is 1. The summed E-state index contributed by atoms with van der Waals surface area (Å²) in [7, 11) is 1.65. The monoisotopic (exact) mass is 328 g/mol. The Labute approximate surface area is 142 Å². The molecule has 0 radical (unpaired) electrons. The number of likely N-dealkylation sites (N-methyl/N-ethyl adjacent to an activating group) is 1. The molecule has 1 atom stereocenters. The Hall–Kier alpha value is -2.40. The van der Waals surface area contributed by atoms with Gasteiger partial charge in [-0.2, -0.15) is 0 Å². The van der Waals surface area contributed by atoms with Crippen molar-refractivity contribution in [1.29, 1.82) is 0 Å². The Balaban J connectivity index is 2.29. The first-order chi connectivity index (χ1) is 11.2. The molecular weight excluding hydrogens is 304 g/mol. The number of carbonyl (C=O) groups is 2. The van der Waals surface area contributed by atoms with E-state index in [1.54, 1.807) is 18.9 Å². The summed E-state index contributed by atoms with van der Waals surface area (Å²) in [5, 5.41) is 9.05. The van der Waals surface area contributed by atoms with E-state index in [1.165, 1.54) is 5.56 Å². The fourth-order valence-electron chi connectivity index (χ4n) is 2.77. The van der Waals surface area contributed by atoms with Gasteiger partial charge < -0.3 is 9.67 Å². The molecule has 5 heteroatoms. The smallest absolute Gasteiger partial charge is 0.320 e. The highest BCUT2D eigenvalue weighted by molar-refractivity contribution is 5.99. The molecule has 0 aliphatic carbocycles. The molecule has 1 aromatic carbocycles. The van der Waals surface area contributed by atoms with Crippen molar-refractivity contribution in [2.45, 2.75) is 33.7 Å². The summed E-state index contributed by atoms with van der Waals surface area (Å²) >= 11 is 0. The molecule has 2 aromatic rings. The fourth-order valence-corrected chi connectivity index (χ4v) is 2.77. The third kappa shape index (κ3) is 3.57. The summed E-state index contributed by atoms with van der Waals surface area (Å²) in [6.07, 6.45) is 0. The standard InChI is InChI=1S/C19H24N2O3/c1-12-6-8-16(9-7-12)21-13(2)10-17(14(21)3)18(22)11-20(5)15(4)19(23)24/h6-10,15H,11H2,1-5H3,(H,23,24). The molecule has 128 valence electrons. The van der Waals surface area contributed by atoms with Crippen LogP contribution in [0.3, 0.4) is 0 Å². The summed E-state index contributed by atoms with van der Waals surface area (Å²) in [5.74, 6) is -1.01. The molecule has 1 aromatic heterocycles. The predicted molar refractivity (Wildman–Crippen MR) is 94.0 cm³/mol. The quantitative estimate of drug-likeness (QED) is 0.828. The SMILES string of the molecule is Cc1ccc(-n2c(C)cc(C(=O)CN(C)C(C)C(=O)O)c2C)cc1. The van der Waals surface area contributed by atoms with Gasteiger partial charge in [-0.15, -0.1) is 0 Å². The van der Waals surface area contributed by atoms with Gasteiger partial charge in [0.1, 0.15) is 6.04 Å². The number of nitrogens with zero attached hydrogens (tertiary/aromatic N) is 2. The molecule has 0 saturated carbocycles. The van der Waals surface area contributed by atoms with Crippen molar-refractivity contribution in [3.8, 4) is 5.69 Å². The topological polar surface area (TPSA) is 62.5 Å². The number of carboxylic acid groups (broad SMARTS) is 1. The molecule has 0 aliphatic rings. The number of carbonyl (C=O) groups excluding carboxylic acids is 1. The number of benzene rings is 1. The molecule has 1 heterocycles. The Morgan fingerprint density at radius 3 is 2.29 bits per heavy atom. The van der Waals surface area contributed by atoms with Gasteiger partial charge in [0.25, 0.3) is 0 Å². The van der Waals surface area contributed by atoms with E-state index in [1.807, 2.05) is 55.7 Å². The minimum Gasteiger partial charge on any atom is -0.480 e. The summed E-state index contributed by atoms with van der Waals surface area (Å²) in [4.78, 5) is 25.2. The predicted octanol–water partition coefficient (Wildman–Crippen LogP) is 2.99. The zero-order valence-electron chi connectivity index (χ0n) is 14.8. The second kappa shape index (κ2) is 7.01. The van der Waals surface area contributed by atoms with Crippen LogP contribution in [-0.4, -0.2) is 46.0 Å². The Bertz CT molecular complexity index is 760. The highest BCUT2D eigenvalue weighted by Crippen LogP contribution is 2.22. The van der Waals surface area contributed by atoms with Crippen molar-refractivity contribution in [2.75, 3.05) is 13.6 Å². The van der Waals surface area contributed by atoms with Crippen LogP contribution in [0, 0.1) is 20.8 Å². The molecular formula is C19H24N2O3. The van der Waals surface area contributed by atoms with Crippen molar-refractivity contribution >= 4 is 11.8 Å². The van der Waals surface area contributed by atoms with Gasteiger partial charge in [-0.3, -0.25) is 14.5 Å². The largest absolute Gasteiger partial charge is 0.480 e. The molecule has 24 heavy (non-hydrogen) atoms. The molecule has 5 nitrogen and oxygen atoms in total. The van der Waals surface area contributed by atoms with Gasteiger partial charge in [-0.05, 0) is 52.9 Å². The number of aliphatic carboxylic acids is 1. The maximum atomic E-state index is 12.6. The lowest BCUT2D eigenvalue weighted by atomic mass is 10.1. The van der Waals surface area contributed by atoms with Gasteiger partial charge in [-0.25, -0.2) is 0 Å². The number of hydrogen-bond acceptors (Lipinski definition) is 3. The zero-order chi connectivity index (χ0) is 18.0. The Morgan fingerprint density at radius 2 is 1.75 bits per heavy atom. The van der Waals surface area contributed by atoms with Crippen LogP contribution in [0.5, 0.6) is 0 Å². The highest BCUT2D eigenvalue weighted by Gasteiger charge is 2.22. The third-order valence-electron chi connectivity index (χ3n) is 4.44. The average molecular weight is 328 g/mol. The van der Waals surface area contributed by atoms with Crippen LogP contribution >= 0.6 is 0 Å². The number of aromatic nitrogens is 1. The van der Waals surface area contributed by atoms with Crippen LogP contribution in [0.25, 0.3) is 5.69 Å². The average Bonchev–Trinajstić information content (AvgIpc) is 2.82. The van der Waals surface area contributed by atoms with Crippen molar-refractivity contribution in [1.82, 2.24) is 9.47 Å². The number of ketones is 1. The highest BCUT2D eigenvalue weighted by atomic mass is 16.4. The van der Waals surface area contributed by atoms with Gasteiger partial charge >= 0.3 is 5.97 Å². The first kappa shape index (κ1) is 17.9. The van der Waals surface area contributed by atoms with E-state index >= 15 is 0 Å². The Kier molecular flexibility index (Phi) is 5.24. The van der Waals surface area contributed by atoms with Crippen LogP contribution in [0.2, 0.25) is 0 Å². The van der Waals surface area contributed by atoms with Gasteiger partial charge in [0.15, 0.2) is 5.78 Å². The fraction of sp³-hybridized carbons (Fsp3) is 0.368. The number of hydrogen-bond donors (Lipinski definition) is 1. The lowest BCUT2D eigenvalue weighted by molar-refractivity contribution is -0.141. The van der Waals surface area contributed by atoms with Crippen molar-refractivity contribution in [3.63, 3.8) is 0 Å². The van der Waals surface area contributed by atoms with E-state index < -0.39 is 12.0 Å². The van der Waals surface area contributed by atoms with E-state index in [4.69, 9.17) is 5.11 Å². The van der Waals surface area contributed by atoms with E-state index in [9.17, 15) is 9.59 Å². The number of rotatable bonds is 6. The molecule has 0 bridgehead atoms. The molecule has 0 saturated heterocycles. The van der Waals surface area contributed by atoms with E-state index in [0.717, 1.165) is 17.1 Å². The minimum absolute atomic E-state index is 0.0722. The number of aryl methyl sites for hydroxylation is 2. The minimum atomic E-state index is -0.935. The second-order valence-electron chi connectivity index (χ2n) is 6.31. The molecule has 0 amide bonds. The molecule has 1 N–H and O–H groups in total. The van der Waals surface area contributed by atoms with Crippen LogP contribution < -0.4 is 0 Å². The lowest BCUT2D eigenvalue weighted by Crippen LogP contribution is -2.39. The molecule has 0 fully saturated rings. The van der Waals surface area contributed by atoms with Crippen molar-refractivity contribution < 1.29 is 14.7 Å². The lowest BCUT2D eigenvalue weighted by Gasteiger charge is -2.20. The number of Topliss-reactive ketones (excluding diaryl/α,β-unsaturated/α-hetero) is 1. The Morgan fingerprint density at radius 1 is 1.17 bits per heavy atom. The first-order valence-corrected chi connectivity index (χ1v) is 7.94. The first-order valence-electron chi connectivity index (χ1n) is 7.94. The van der Waals surface area contributed by atoms with Crippen LogP contribution in [0.15, 0.2) is 30.3 Å². The van der Waals surface area contributed by atoms with Crippen LogP contribution in [-0.2, 0) is 4.79 Å². The molecule has 1 unspecified atom stereocenters. The van der Waals surface area contributed by atoms with Crippen LogP contribution in [0.4, 0.5) is 0 Å². The summed E-state index contributed by atoms with van der Waals surface area (Å²) < 4.78 is 2.05. The van der Waals surface area contributed by atoms with Crippen LogP contribution in [0.1, 0.15) is 34.2 Å². The zero-order valence-corrected chi connectivity index (χ0v) is 14.8. The van der Waals surface area contributed by atoms with E-state index in [2.05, 4.69) is 0 Å². The molecule has 0 spiro atoms. The van der Waals surface area contributed by atoms with Crippen molar-refractivity contribution in [2.24, 2.45) is 0 Å². The summed E-state index contributed by atoms with van der Waals surface area (Å²) in [5.41, 5.74) is 4.69. The third-order valence-corrected chi connectivity index (χ3v) is 4.44. The maximum Gasteiger partial charge on any atom is 0.320 e. The van der Waals surface area contributed by atoms with Gasteiger partial charge in [0.2, 0.25) is 0 Å². The summed E-state index contributed by atoms with van der Waals surface area (Å²) in [6, 6.07) is 9.31. The van der Waals surface area contributed by atoms with E-state index in [0.29, 0.717) is 5.56 Å². The second-order valence-corrected chi connectivity index (χ2v) is 6.31. The van der Waals surface area contributed by atoms with Crippen molar-refractivity contribution in [3.05, 3.63) is 52.8 Å². The molecule has 2 rings (SSSR count). The normalized spacial score (nSPS) is 12.4. The van der Waals surface area contributed by atoms with E-state index in [-0.39, 0.29) is 12.3 Å². The summed E-state index contributed by atoms with van der Waals surface area (Å²) in [6.45, 7) is 7.57. The molecule has 0 aliphatic heterocycles. The van der Waals surface area contributed by atoms with Gasteiger partial charge in [-0.1, -0.05) is 17.7 Å². The van der Waals surface area contributed by atoms with Gasteiger partial charge in [0, 0.05) is 22.6 Å². The maximum absolute atomic E-state index is 12.6.